The number of anilines is 2. The Morgan fingerprint density at radius 2 is 1.92 bits per heavy atom. The molecule has 0 saturated carbocycles. The third-order valence-electron chi connectivity index (χ3n) is 3.41. The standard InChI is InChI=1S/C17H23N5O3/c1-22(2)10-9-18-17(23)14-7-8-16(21-20-14)19-13-6-5-12(24-3)11-15(13)25-4/h5-8,11H,9-10H2,1-4H3,(H,18,23)(H,19,21). The first-order valence-electron chi connectivity index (χ1n) is 7.79. The van der Waals surface area contributed by atoms with Crippen LogP contribution in [0.25, 0.3) is 0 Å². The number of hydrogen-bond donors (Lipinski definition) is 2. The Hall–Kier alpha value is -2.87. The van der Waals surface area contributed by atoms with Crippen LogP contribution in [0, 0.1) is 0 Å². The number of likely N-dealkylation sites (N-methyl/N-ethyl adjacent to an activating group) is 1. The zero-order valence-corrected chi connectivity index (χ0v) is 14.9. The molecule has 0 unspecified atom stereocenters. The molecule has 1 aromatic carbocycles. The van der Waals surface area contributed by atoms with Crippen LogP contribution >= 0.6 is 0 Å². The van der Waals surface area contributed by atoms with Gasteiger partial charge < -0.3 is 25.0 Å². The molecule has 0 atom stereocenters. The van der Waals surface area contributed by atoms with Crippen LogP contribution in [0.5, 0.6) is 11.5 Å². The van der Waals surface area contributed by atoms with E-state index in [0.717, 1.165) is 12.2 Å². The molecule has 0 bridgehead atoms. The molecule has 134 valence electrons. The van der Waals surface area contributed by atoms with Crippen molar-refractivity contribution >= 4 is 17.4 Å². The van der Waals surface area contributed by atoms with Crippen LogP contribution in [-0.4, -0.2) is 62.4 Å². The van der Waals surface area contributed by atoms with E-state index in [9.17, 15) is 4.79 Å². The van der Waals surface area contributed by atoms with Crippen molar-refractivity contribution in [2.24, 2.45) is 0 Å². The molecule has 8 nitrogen and oxygen atoms in total. The van der Waals surface area contributed by atoms with Crippen LogP contribution in [0.3, 0.4) is 0 Å². The fourth-order valence-electron chi connectivity index (χ4n) is 2.04. The Balaban J connectivity index is 2.02. The SMILES string of the molecule is COc1ccc(Nc2ccc(C(=O)NCCN(C)C)nn2)c(OC)c1. The van der Waals surface area contributed by atoms with Crippen molar-refractivity contribution < 1.29 is 14.3 Å². The number of carbonyl (C=O) groups excluding carboxylic acids is 1. The van der Waals surface area contributed by atoms with Crippen molar-refractivity contribution in [3.63, 3.8) is 0 Å². The smallest absolute Gasteiger partial charge is 0.271 e. The van der Waals surface area contributed by atoms with Gasteiger partial charge in [0, 0.05) is 19.2 Å². The lowest BCUT2D eigenvalue weighted by Gasteiger charge is -2.12. The zero-order chi connectivity index (χ0) is 18.2. The molecule has 2 aromatic rings. The molecular weight excluding hydrogens is 322 g/mol. The lowest BCUT2D eigenvalue weighted by Crippen LogP contribution is -2.31. The van der Waals surface area contributed by atoms with Gasteiger partial charge in [-0.25, -0.2) is 0 Å². The predicted molar refractivity (Wildman–Crippen MR) is 95.7 cm³/mol. The molecule has 1 amide bonds. The molecular formula is C17H23N5O3. The van der Waals surface area contributed by atoms with Gasteiger partial charge >= 0.3 is 0 Å². The first-order valence-corrected chi connectivity index (χ1v) is 7.79. The highest BCUT2D eigenvalue weighted by molar-refractivity contribution is 5.92. The van der Waals surface area contributed by atoms with E-state index in [1.54, 1.807) is 32.4 Å². The third-order valence-corrected chi connectivity index (χ3v) is 3.41. The number of hydrogen-bond acceptors (Lipinski definition) is 7. The van der Waals surface area contributed by atoms with Gasteiger partial charge in [0.15, 0.2) is 11.5 Å². The summed E-state index contributed by atoms with van der Waals surface area (Å²) in [4.78, 5) is 14.0. The average molecular weight is 345 g/mol. The number of nitrogens with one attached hydrogen (secondary N) is 2. The second kappa shape index (κ2) is 8.84. The fraction of sp³-hybridized carbons (Fsp3) is 0.353. The van der Waals surface area contributed by atoms with E-state index in [2.05, 4.69) is 20.8 Å². The minimum atomic E-state index is -0.247. The Bertz CT molecular complexity index is 704. The molecule has 0 spiro atoms. The Morgan fingerprint density at radius 1 is 1.12 bits per heavy atom. The zero-order valence-electron chi connectivity index (χ0n) is 14.9. The Morgan fingerprint density at radius 3 is 2.52 bits per heavy atom. The summed E-state index contributed by atoms with van der Waals surface area (Å²) in [5.41, 5.74) is 0.992. The number of nitrogens with zero attached hydrogens (tertiary/aromatic N) is 3. The Labute approximate surface area is 147 Å². The summed E-state index contributed by atoms with van der Waals surface area (Å²) in [6, 6.07) is 8.71. The van der Waals surface area contributed by atoms with Crippen molar-refractivity contribution in [1.82, 2.24) is 20.4 Å². The molecule has 0 radical (unpaired) electrons. The van der Waals surface area contributed by atoms with Crippen LogP contribution in [0.15, 0.2) is 30.3 Å². The summed E-state index contributed by atoms with van der Waals surface area (Å²) in [5, 5.41) is 13.9. The van der Waals surface area contributed by atoms with Crippen molar-refractivity contribution in [3.05, 3.63) is 36.0 Å². The number of aromatic nitrogens is 2. The summed E-state index contributed by atoms with van der Waals surface area (Å²) in [7, 11) is 7.06. The first-order chi connectivity index (χ1) is 12.0. The van der Waals surface area contributed by atoms with Crippen molar-refractivity contribution in [3.8, 4) is 11.5 Å². The topological polar surface area (TPSA) is 88.6 Å². The summed E-state index contributed by atoms with van der Waals surface area (Å²) in [6.45, 7) is 1.31. The van der Waals surface area contributed by atoms with Crippen molar-refractivity contribution in [1.29, 1.82) is 0 Å². The second-order valence-corrected chi connectivity index (χ2v) is 5.55. The van der Waals surface area contributed by atoms with Gasteiger partial charge in [-0.1, -0.05) is 0 Å². The molecule has 8 heteroatoms. The number of ether oxygens (including phenoxy) is 2. The highest BCUT2D eigenvalue weighted by Gasteiger charge is 2.10. The van der Waals surface area contributed by atoms with Gasteiger partial charge in [0.1, 0.15) is 11.5 Å². The largest absolute Gasteiger partial charge is 0.497 e. The van der Waals surface area contributed by atoms with E-state index >= 15 is 0 Å². The van der Waals surface area contributed by atoms with Gasteiger partial charge in [0.05, 0.1) is 19.9 Å². The second-order valence-electron chi connectivity index (χ2n) is 5.55. The van der Waals surface area contributed by atoms with E-state index in [1.165, 1.54) is 0 Å². The van der Waals surface area contributed by atoms with E-state index in [1.807, 2.05) is 31.1 Å². The number of amides is 1. The molecule has 1 heterocycles. The molecule has 25 heavy (non-hydrogen) atoms. The average Bonchev–Trinajstić information content (AvgIpc) is 2.62. The molecule has 0 fully saturated rings. The third kappa shape index (κ3) is 5.32. The molecule has 2 rings (SSSR count). The van der Waals surface area contributed by atoms with Gasteiger partial charge in [-0.2, -0.15) is 0 Å². The summed E-state index contributed by atoms with van der Waals surface area (Å²) in [5.74, 6) is 1.57. The van der Waals surface area contributed by atoms with Crippen LogP contribution in [0.4, 0.5) is 11.5 Å². The van der Waals surface area contributed by atoms with Crippen molar-refractivity contribution in [2.75, 3.05) is 46.7 Å². The van der Waals surface area contributed by atoms with Crippen LogP contribution < -0.4 is 20.1 Å². The maximum absolute atomic E-state index is 12.0. The minimum Gasteiger partial charge on any atom is -0.497 e. The van der Waals surface area contributed by atoms with Gasteiger partial charge in [0.25, 0.3) is 5.91 Å². The maximum Gasteiger partial charge on any atom is 0.271 e. The van der Waals surface area contributed by atoms with E-state index in [-0.39, 0.29) is 11.6 Å². The fourth-order valence-corrected chi connectivity index (χ4v) is 2.04. The monoisotopic (exact) mass is 345 g/mol. The van der Waals surface area contributed by atoms with E-state index in [0.29, 0.717) is 23.9 Å². The van der Waals surface area contributed by atoms with E-state index in [4.69, 9.17) is 9.47 Å². The summed E-state index contributed by atoms with van der Waals surface area (Å²) >= 11 is 0. The number of rotatable bonds is 8. The first kappa shape index (κ1) is 18.5. The predicted octanol–water partition coefficient (Wildman–Crippen LogP) is 1.53. The summed E-state index contributed by atoms with van der Waals surface area (Å²) < 4.78 is 10.5. The molecule has 0 aliphatic rings. The Kier molecular flexibility index (Phi) is 6.53. The normalized spacial score (nSPS) is 10.4. The molecule has 1 aromatic heterocycles. The highest BCUT2D eigenvalue weighted by Crippen LogP contribution is 2.30. The molecule has 0 saturated heterocycles. The van der Waals surface area contributed by atoms with Gasteiger partial charge in [-0.15, -0.1) is 10.2 Å². The van der Waals surface area contributed by atoms with Gasteiger partial charge in [-0.3, -0.25) is 4.79 Å². The lowest BCUT2D eigenvalue weighted by molar-refractivity contribution is 0.0945. The lowest BCUT2D eigenvalue weighted by atomic mass is 10.2. The van der Waals surface area contributed by atoms with Gasteiger partial charge in [0.2, 0.25) is 0 Å². The summed E-state index contributed by atoms with van der Waals surface area (Å²) in [6.07, 6.45) is 0. The number of benzene rings is 1. The quantitative estimate of drug-likeness (QED) is 0.750. The molecule has 0 aliphatic carbocycles. The maximum atomic E-state index is 12.0. The minimum absolute atomic E-state index is 0.247. The van der Waals surface area contributed by atoms with Gasteiger partial charge in [-0.05, 0) is 38.4 Å². The highest BCUT2D eigenvalue weighted by atomic mass is 16.5. The molecule has 2 N–H and O–H groups in total. The number of methoxy groups -OCH3 is 2. The molecule has 0 aliphatic heterocycles. The van der Waals surface area contributed by atoms with Crippen LogP contribution in [0.1, 0.15) is 10.5 Å². The number of carbonyl (C=O) groups is 1. The van der Waals surface area contributed by atoms with Crippen LogP contribution in [0.2, 0.25) is 0 Å². The van der Waals surface area contributed by atoms with Crippen LogP contribution in [-0.2, 0) is 0 Å². The van der Waals surface area contributed by atoms with E-state index < -0.39 is 0 Å². The van der Waals surface area contributed by atoms with Crippen molar-refractivity contribution in [2.45, 2.75) is 0 Å².